The Balaban J connectivity index is 1.89. The highest BCUT2D eigenvalue weighted by molar-refractivity contribution is 6.36. The van der Waals surface area contributed by atoms with Gasteiger partial charge in [-0.15, -0.1) is 0 Å². The van der Waals surface area contributed by atoms with Crippen molar-refractivity contribution < 1.29 is 19.1 Å². The molecule has 2 N–H and O–H groups in total. The normalized spacial score (nSPS) is 10.6. The lowest BCUT2D eigenvalue weighted by molar-refractivity contribution is 0.0603. The number of halogens is 1. The molecule has 6 nitrogen and oxygen atoms in total. The largest absolute Gasteiger partial charge is 0.497 e. The van der Waals surface area contributed by atoms with Gasteiger partial charge in [-0.1, -0.05) is 23.7 Å². The first-order chi connectivity index (χ1) is 12.5. The van der Waals surface area contributed by atoms with Crippen LogP contribution in [0.2, 0.25) is 5.02 Å². The molecule has 3 aromatic rings. The highest BCUT2D eigenvalue weighted by Gasteiger charge is 2.21. The fourth-order valence-corrected chi connectivity index (χ4v) is 3.04. The van der Waals surface area contributed by atoms with Crippen molar-refractivity contribution in [2.45, 2.75) is 6.54 Å². The molecule has 26 heavy (non-hydrogen) atoms. The van der Waals surface area contributed by atoms with Crippen LogP contribution < -0.4 is 10.1 Å². The van der Waals surface area contributed by atoms with E-state index in [-0.39, 0.29) is 16.5 Å². The number of methoxy groups -OCH3 is 2. The number of aromatic amines is 1. The molecule has 7 heteroatoms. The topological polar surface area (TPSA) is 80.4 Å². The molecule has 0 saturated heterocycles. The van der Waals surface area contributed by atoms with Crippen molar-refractivity contribution in [2.75, 3.05) is 14.2 Å². The number of hydrogen-bond donors (Lipinski definition) is 2. The summed E-state index contributed by atoms with van der Waals surface area (Å²) >= 11 is 6.23. The zero-order valence-electron chi connectivity index (χ0n) is 14.3. The fourth-order valence-electron chi connectivity index (χ4n) is 2.75. The minimum absolute atomic E-state index is 0.162. The number of ether oxygens (including phenoxy) is 2. The minimum atomic E-state index is -0.553. The number of esters is 1. The summed E-state index contributed by atoms with van der Waals surface area (Å²) in [6.45, 7) is 0.328. The van der Waals surface area contributed by atoms with Crippen LogP contribution in [-0.2, 0) is 11.3 Å². The number of nitrogens with one attached hydrogen (secondary N) is 2. The molecular weight excluding hydrogens is 356 g/mol. The Labute approximate surface area is 155 Å². The first-order valence-corrected chi connectivity index (χ1v) is 8.22. The van der Waals surface area contributed by atoms with Crippen molar-refractivity contribution in [1.82, 2.24) is 10.3 Å². The predicted molar refractivity (Wildman–Crippen MR) is 98.8 cm³/mol. The van der Waals surface area contributed by atoms with E-state index in [0.717, 1.165) is 5.56 Å². The van der Waals surface area contributed by atoms with Crippen LogP contribution in [0.3, 0.4) is 0 Å². The Hall–Kier alpha value is -2.99. The van der Waals surface area contributed by atoms with Gasteiger partial charge in [0.25, 0.3) is 5.91 Å². The van der Waals surface area contributed by atoms with Gasteiger partial charge in [0, 0.05) is 18.1 Å². The Bertz CT molecular complexity index is 981. The van der Waals surface area contributed by atoms with Gasteiger partial charge in [-0.05, 0) is 29.8 Å². The molecule has 0 aliphatic heterocycles. The molecule has 1 amide bonds. The SMILES string of the molecule is COC(=O)c1c(Cl)cc(C(=O)NCc2cccc(OC)c2)c2[nH]ccc12. The number of aromatic nitrogens is 1. The Morgan fingerprint density at radius 1 is 1.19 bits per heavy atom. The van der Waals surface area contributed by atoms with E-state index >= 15 is 0 Å². The number of rotatable bonds is 5. The van der Waals surface area contributed by atoms with Crippen molar-refractivity contribution in [3.05, 3.63) is 64.3 Å². The Morgan fingerprint density at radius 3 is 2.73 bits per heavy atom. The summed E-state index contributed by atoms with van der Waals surface area (Å²) in [5, 5.41) is 3.55. The second-order valence-electron chi connectivity index (χ2n) is 5.57. The highest BCUT2D eigenvalue weighted by Crippen LogP contribution is 2.29. The number of carbonyl (C=O) groups is 2. The van der Waals surface area contributed by atoms with Crippen molar-refractivity contribution in [3.63, 3.8) is 0 Å². The average molecular weight is 373 g/mol. The maximum atomic E-state index is 12.7. The molecule has 0 atom stereocenters. The summed E-state index contributed by atoms with van der Waals surface area (Å²) in [5.41, 5.74) is 2.01. The molecular formula is C19H17ClN2O4. The first-order valence-electron chi connectivity index (χ1n) is 7.84. The van der Waals surface area contributed by atoms with E-state index in [4.69, 9.17) is 21.1 Å². The molecule has 0 radical (unpaired) electrons. The van der Waals surface area contributed by atoms with Crippen LogP contribution in [0.4, 0.5) is 0 Å². The fraction of sp³-hybridized carbons (Fsp3) is 0.158. The van der Waals surface area contributed by atoms with Crippen molar-refractivity contribution >= 4 is 34.4 Å². The van der Waals surface area contributed by atoms with Gasteiger partial charge >= 0.3 is 5.97 Å². The maximum Gasteiger partial charge on any atom is 0.340 e. The van der Waals surface area contributed by atoms with E-state index in [0.29, 0.717) is 28.8 Å². The lowest BCUT2D eigenvalue weighted by Crippen LogP contribution is -2.23. The monoisotopic (exact) mass is 372 g/mol. The van der Waals surface area contributed by atoms with Crippen LogP contribution in [0.15, 0.2) is 42.6 Å². The Kier molecular flexibility index (Phi) is 5.14. The van der Waals surface area contributed by atoms with Crippen LogP contribution in [-0.4, -0.2) is 31.1 Å². The summed E-state index contributed by atoms with van der Waals surface area (Å²) in [7, 11) is 2.87. The summed E-state index contributed by atoms with van der Waals surface area (Å²) in [6, 6.07) is 10.6. The lowest BCUT2D eigenvalue weighted by Gasteiger charge is -2.10. The summed E-state index contributed by atoms with van der Waals surface area (Å²) in [4.78, 5) is 27.6. The van der Waals surface area contributed by atoms with Gasteiger partial charge in [-0.3, -0.25) is 4.79 Å². The third kappa shape index (κ3) is 3.36. The Morgan fingerprint density at radius 2 is 2.00 bits per heavy atom. The van der Waals surface area contributed by atoms with E-state index < -0.39 is 5.97 Å². The standard InChI is InChI=1S/C19H17ClN2O4/c1-25-12-5-3-4-11(8-12)10-22-18(23)14-9-15(20)16(19(24)26-2)13-6-7-21-17(13)14/h3-9,21H,10H2,1-2H3,(H,22,23). The highest BCUT2D eigenvalue weighted by atomic mass is 35.5. The number of hydrogen-bond acceptors (Lipinski definition) is 4. The zero-order chi connectivity index (χ0) is 18.7. The molecule has 0 spiro atoms. The van der Waals surface area contributed by atoms with Crippen LogP contribution in [0.5, 0.6) is 5.75 Å². The predicted octanol–water partition coefficient (Wildman–Crippen LogP) is 3.55. The van der Waals surface area contributed by atoms with Gasteiger partial charge in [-0.2, -0.15) is 0 Å². The van der Waals surface area contributed by atoms with Crippen molar-refractivity contribution in [3.8, 4) is 5.75 Å². The van der Waals surface area contributed by atoms with Crippen LogP contribution in [0, 0.1) is 0 Å². The molecule has 0 aliphatic carbocycles. The minimum Gasteiger partial charge on any atom is -0.497 e. The molecule has 0 bridgehead atoms. The van der Waals surface area contributed by atoms with Gasteiger partial charge < -0.3 is 19.8 Å². The molecule has 3 rings (SSSR count). The van der Waals surface area contributed by atoms with E-state index in [1.807, 2.05) is 24.3 Å². The van der Waals surface area contributed by atoms with Crippen molar-refractivity contribution in [1.29, 1.82) is 0 Å². The van der Waals surface area contributed by atoms with Crippen molar-refractivity contribution in [2.24, 2.45) is 0 Å². The molecule has 0 unspecified atom stereocenters. The van der Waals surface area contributed by atoms with Gasteiger partial charge in [0.15, 0.2) is 0 Å². The van der Waals surface area contributed by atoms with E-state index in [2.05, 4.69) is 10.3 Å². The van der Waals surface area contributed by atoms with Gasteiger partial charge in [0.05, 0.1) is 35.9 Å². The van der Waals surface area contributed by atoms with Crippen LogP contribution in [0.1, 0.15) is 26.3 Å². The first kappa shape index (κ1) is 17.8. The number of amides is 1. The third-order valence-corrected chi connectivity index (χ3v) is 4.32. The van der Waals surface area contributed by atoms with E-state index in [9.17, 15) is 9.59 Å². The summed E-state index contributed by atoms with van der Waals surface area (Å²) in [5.74, 6) is -0.143. The van der Waals surface area contributed by atoms with E-state index in [1.165, 1.54) is 13.2 Å². The van der Waals surface area contributed by atoms with Gasteiger partial charge in [0.1, 0.15) is 5.75 Å². The number of fused-ring (bicyclic) bond motifs is 1. The average Bonchev–Trinajstić information content (AvgIpc) is 3.14. The second-order valence-corrected chi connectivity index (χ2v) is 5.98. The number of carbonyl (C=O) groups excluding carboxylic acids is 2. The molecule has 0 aliphatic rings. The zero-order valence-corrected chi connectivity index (χ0v) is 15.0. The molecule has 0 saturated carbocycles. The quantitative estimate of drug-likeness (QED) is 0.671. The van der Waals surface area contributed by atoms with E-state index in [1.54, 1.807) is 19.4 Å². The lowest BCUT2D eigenvalue weighted by atomic mass is 10.0. The molecule has 134 valence electrons. The second kappa shape index (κ2) is 7.49. The van der Waals surface area contributed by atoms with Gasteiger partial charge in [0.2, 0.25) is 0 Å². The summed E-state index contributed by atoms with van der Waals surface area (Å²) < 4.78 is 9.95. The number of benzene rings is 2. The van der Waals surface area contributed by atoms with Crippen LogP contribution in [0.25, 0.3) is 10.9 Å². The summed E-state index contributed by atoms with van der Waals surface area (Å²) in [6.07, 6.45) is 1.65. The third-order valence-electron chi connectivity index (χ3n) is 4.02. The smallest absolute Gasteiger partial charge is 0.340 e. The maximum absolute atomic E-state index is 12.7. The number of H-pyrrole nitrogens is 1. The molecule has 1 heterocycles. The molecule has 0 fully saturated rings. The molecule has 2 aromatic carbocycles. The van der Waals surface area contributed by atoms with Gasteiger partial charge in [-0.25, -0.2) is 4.79 Å². The van der Waals surface area contributed by atoms with Crippen LogP contribution >= 0.6 is 11.6 Å². The molecule has 1 aromatic heterocycles.